The maximum absolute atomic E-state index is 10.9. The number of hydrogen-bond acceptors (Lipinski definition) is 5. The highest BCUT2D eigenvalue weighted by Gasteiger charge is 2.14. The molecule has 0 saturated carbocycles. The Balaban J connectivity index is 3.02. The first-order valence-electron chi connectivity index (χ1n) is 5.23. The lowest BCUT2D eigenvalue weighted by atomic mass is 10.1. The molecule has 0 bridgehead atoms. The number of nitro benzene ring substituents is 1. The SMILES string of the molecule is COC(=O)CC=Cc1cc(C)cc([N+](=O)[O-])c1N. The number of hydrogen-bond donors (Lipinski definition) is 1. The van der Waals surface area contributed by atoms with Gasteiger partial charge in [0, 0.05) is 11.6 Å². The summed E-state index contributed by atoms with van der Waals surface area (Å²) in [6.07, 6.45) is 3.23. The van der Waals surface area contributed by atoms with Gasteiger partial charge in [-0.2, -0.15) is 0 Å². The number of benzene rings is 1. The monoisotopic (exact) mass is 250 g/mol. The summed E-state index contributed by atoms with van der Waals surface area (Å²) in [5.41, 5.74) is 6.90. The van der Waals surface area contributed by atoms with E-state index < -0.39 is 4.92 Å². The van der Waals surface area contributed by atoms with Crippen molar-refractivity contribution in [3.05, 3.63) is 39.4 Å². The van der Waals surface area contributed by atoms with Gasteiger partial charge < -0.3 is 10.5 Å². The molecule has 96 valence electrons. The maximum atomic E-state index is 10.9. The van der Waals surface area contributed by atoms with Crippen molar-refractivity contribution in [2.75, 3.05) is 12.8 Å². The quantitative estimate of drug-likeness (QED) is 0.382. The van der Waals surface area contributed by atoms with Crippen molar-refractivity contribution < 1.29 is 14.5 Å². The van der Waals surface area contributed by atoms with Crippen LogP contribution in [0.15, 0.2) is 18.2 Å². The Kier molecular flexibility index (Phi) is 4.42. The fourth-order valence-corrected chi connectivity index (χ4v) is 1.46. The van der Waals surface area contributed by atoms with Gasteiger partial charge in [0.2, 0.25) is 0 Å². The Bertz CT molecular complexity index is 509. The molecule has 1 aromatic carbocycles. The van der Waals surface area contributed by atoms with E-state index in [2.05, 4.69) is 4.74 Å². The second-order valence-corrected chi connectivity index (χ2v) is 3.73. The highest BCUT2D eigenvalue weighted by Crippen LogP contribution is 2.27. The maximum Gasteiger partial charge on any atom is 0.309 e. The van der Waals surface area contributed by atoms with E-state index in [0.29, 0.717) is 5.56 Å². The third-order valence-corrected chi connectivity index (χ3v) is 2.34. The summed E-state index contributed by atoms with van der Waals surface area (Å²) in [5, 5.41) is 10.8. The molecule has 0 amide bonds. The molecule has 0 aromatic heterocycles. The van der Waals surface area contributed by atoms with E-state index in [0.717, 1.165) is 5.56 Å². The smallest absolute Gasteiger partial charge is 0.309 e. The van der Waals surface area contributed by atoms with Crippen molar-refractivity contribution in [1.29, 1.82) is 0 Å². The van der Waals surface area contributed by atoms with Crippen molar-refractivity contribution in [1.82, 2.24) is 0 Å². The summed E-state index contributed by atoms with van der Waals surface area (Å²) < 4.78 is 4.47. The van der Waals surface area contributed by atoms with E-state index in [1.807, 2.05) is 0 Å². The average Bonchev–Trinajstić information content (AvgIpc) is 2.32. The number of esters is 1. The normalized spacial score (nSPS) is 10.6. The van der Waals surface area contributed by atoms with Crippen LogP contribution in [0.2, 0.25) is 0 Å². The number of carbonyl (C=O) groups excluding carboxylic acids is 1. The molecule has 6 heteroatoms. The second-order valence-electron chi connectivity index (χ2n) is 3.73. The lowest BCUT2D eigenvalue weighted by molar-refractivity contribution is -0.383. The zero-order valence-electron chi connectivity index (χ0n) is 10.2. The molecule has 0 saturated heterocycles. The van der Waals surface area contributed by atoms with Crippen molar-refractivity contribution in [3.63, 3.8) is 0 Å². The van der Waals surface area contributed by atoms with Gasteiger partial charge in [0.1, 0.15) is 5.69 Å². The van der Waals surface area contributed by atoms with Crippen LogP contribution in [0.3, 0.4) is 0 Å². The molecular weight excluding hydrogens is 236 g/mol. The largest absolute Gasteiger partial charge is 0.469 e. The Morgan fingerprint density at radius 1 is 1.56 bits per heavy atom. The van der Waals surface area contributed by atoms with E-state index in [4.69, 9.17) is 5.73 Å². The molecule has 0 aliphatic carbocycles. The molecule has 0 fully saturated rings. The number of nitrogens with two attached hydrogens (primary N) is 1. The molecule has 2 N–H and O–H groups in total. The summed E-state index contributed by atoms with van der Waals surface area (Å²) in [7, 11) is 1.29. The average molecular weight is 250 g/mol. The van der Waals surface area contributed by atoms with Gasteiger partial charge >= 0.3 is 5.97 Å². The van der Waals surface area contributed by atoms with Gasteiger partial charge in [0.25, 0.3) is 5.69 Å². The Hall–Kier alpha value is -2.37. The fraction of sp³-hybridized carbons (Fsp3) is 0.250. The zero-order chi connectivity index (χ0) is 13.7. The summed E-state index contributed by atoms with van der Waals surface area (Å²) in [4.78, 5) is 21.2. The summed E-state index contributed by atoms with van der Waals surface area (Å²) in [5.74, 6) is -0.382. The number of methoxy groups -OCH3 is 1. The first-order chi connectivity index (χ1) is 8.45. The predicted octanol–water partition coefficient (Wildman–Crippen LogP) is 2.06. The van der Waals surface area contributed by atoms with Gasteiger partial charge in [-0.1, -0.05) is 12.2 Å². The van der Waals surface area contributed by atoms with E-state index in [1.54, 1.807) is 25.1 Å². The van der Waals surface area contributed by atoms with Crippen LogP contribution in [0.1, 0.15) is 17.5 Å². The molecule has 0 aliphatic rings. The minimum absolute atomic E-state index is 0.0896. The Morgan fingerprint density at radius 2 is 2.22 bits per heavy atom. The highest BCUT2D eigenvalue weighted by atomic mass is 16.6. The fourth-order valence-electron chi connectivity index (χ4n) is 1.46. The summed E-state index contributed by atoms with van der Waals surface area (Å²) in [6, 6.07) is 3.13. The summed E-state index contributed by atoms with van der Waals surface area (Å²) in [6.45, 7) is 1.74. The Labute approximate surface area is 104 Å². The van der Waals surface area contributed by atoms with Gasteiger partial charge in [0.15, 0.2) is 0 Å². The molecule has 1 rings (SSSR count). The first-order valence-corrected chi connectivity index (χ1v) is 5.23. The number of nitro groups is 1. The van der Waals surface area contributed by atoms with Crippen LogP contribution in [-0.4, -0.2) is 18.0 Å². The predicted molar refractivity (Wildman–Crippen MR) is 67.9 cm³/mol. The van der Waals surface area contributed by atoms with Crippen molar-refractivity contribution in [2.45, 2.75) is 13.3 Å². The highest BCUT2D eigenvalue weighted by molar-refractivity contribution is 5.77. The number of ether oxygens (including phenoxy) is 1. The standard InChI is InChI=1S/C12H14N2O4/c1-8-6-9(4-3-5-11(15)18-2)12(13)10(7-8)14(16)17/h3-4,6-7H,5,13H2,1-2H3. The molecule has 0 radical (unpaired) electrons. The molecule has 18 heavy (non-hydrogen) atoms. The van der Waals surface area contributed by atoms with Gasteiger partial charge in [-0.25, -0.2) is 0 Å². The van der Waals surface area contributed by atoms with Crippen molar-refractivity contribution in [3.8, 4) is 0 Å². The number of anilines is 1. The second kappa shape index (κ2) is 5.81. The zero-order valence-corrected chi connectivity index (χ0v) is 10.2. The third kappa shape index (κ3) is 3.31. The topological polar surface area (TPSA) is 95.5 Å². The van der Waals surface area contributed by atoms with Gasteiger partial charge in [-0.05, 0) is 18.6 Å². The first kappa shape index (κ1) is 13.7. The molecule has 0 spiro atoms. The lowest BCUT2D eigenvalue weighted by Gasteiger charge is -2.03. The van der Waals surface area contributed by atoms with E-state index in [1.165, 1.54) is 13.2 Å². The number of rotatable bonds is 4. The molecular formula is C12H14N2O4. The number of nitrogens with zero attached hydrogens (tertiary/aromatic N) is 1. The van der Waals surface area contributed by atoms with E-state index in [9.17, 15) is 14.9 Å². The Morgan fingerprint density at radius 3 is 2.78 bits per heavy atom. The van der Waals surface area contributed by atoms with Gasteiger partial charge in [-0.3, -0.25) is 14.9 Å². The van der Waals surface area contributed by atoms with Crippen molar-refractivity contribution >= 4 is 23.4 Å². The minimum atomic E-state index is -0.528. The van der Waals surface area contributed by atoms with Crippen LogP contribution in [0, 0.1) is 17.0 Å². The summed E-state index contributed by atoms with van der Waals surface area (Å²) >= 11 is 0. The molecule has 0 aliphatic heterocycles. The molecule has 6 nitrogen and oxygen atoms in total. The van der Waals surface area contributed by atoms with Crippen LogP contribution >= 0.6 is 0 Å². The number of carbonyl (C=O) groups is 1. The van der Waals surface area contributed by atoms with Crippen molar-refractivity contribution in [2.24, 2.45) is 0 Å². The number of aryl methyl sites for hydroxylation is 1. The molecule has 1 aromatic rings. The van der Waals surface area contributed by atoms with Crippen LogP contribution in [0.4, 0.5) is 11.4 Å². The van der Waals surface area contributed by atoms with Crippen LogP contribution in [0.5, 0.6) is 0 Å². The third-order valence-electron chi connectivity index (χ3n) is 2.34. The molecule has 0 unspecified atom stereocenters. The number of nitrogen functional groups attached to an aromatic ring is 1. The van der Waals surface area contributed by atoms with Gasteiger partial charge in [0.05, 0.1) is 18.5 Å². The van der Waals surface area contributed by atoms with E-state index in [-0.39, 0.29) is 23.8 Å². The molecule has 0 atom stereocenters. The van der Waals surface area contributed by atoms with Crippen LogP contribution in [0.25, 0.3) is 6.08 Å². The molecule has 0 heterocycles. The van der Waals surface area contributed by atoms with Gasteiger partial charge in [-0.15, -0.1) is 0 Å². The lowest BCUT2D eigenvalue weighted by Crippen LogP contribution is -1.99. The van der Waals surface area contributed by atoms with Crippen LogP contribution in [-0.2, 0) is 9.53 Å². The minimum Gasteiger partial charge on any atom is -0.469 e. The van der Waals surface area contributed by atoms with E-state index >= 15 is 0 Å². The van der Waals surface area contributed by atoms with Crippen LogP contribution < -0.4 is 5.73 Å².